The van der Waals surface area contributed by atoms with E-state index in [0.717, 1.165) is 44.1 Å². The van der Waals surface area contributed by atoms with Gasteiger partial charge in [0.1, 0.15) is 10.8 Å². The highest BCUT2D eigenvalue weighted by molar-refractivity contribution is 7.09. The maximum Gasteiger partial charge on any atom is 0.137 e. The first-order chi connectivity index (χ1) is 11.2. The van der Waals surface area contributed by atoms with Crippen LogP contribution in [0.4, 0.5) is 0 Å². The molecule has 23 heavy (non-hydrogen) atoms. The number of nitrogens with zero attached hydrogens (tertiary/aromatic N) is 3. The summed E-state index contributed by atoms with van der Waals surface area (Å²) >= 11 is 1.74. The van der Waals surface area contributed by atoms with Gasteiger partial charge in [-0.2, -0.15) is 0 Å². The summed E-state index contributed by atoms with van der Waals surface area (Å²) in [6.07, 6.45) is 4.60. The first kappa shape index (κ1) is 15.1. The summed E-state index contributed by atoms with van der Waals surface area (Å²) in [7, 11) is 0. The highest BCUT2D eigenvalue weighted by Gasteiger charge is 2.53. The van der Waals surface area contributed by atoms with E-state index in [1.165, 1.54) is 5.01 Å². The average molecular weight is 331 g/mol. The van der Waals surface area contributed by atoms with Crippen molar-refractivity contribution in [3.63, 3.8) is 0 Å². The minimum atomic E-state index is -0.0193. The van der Waals surface area contributed by atoms with Gasteiger partial charge in [0, 0.05) is 42.9 Å². The molecule has 0 aliphatic carbocycles. The van der Waals surface area contributed by atoms with Crippen LogP contribution in [0, 0.1) is 12.8 Å². The monoisotopic (exact) mass is 331 g/mol. The second-order valence-corrected chi connectivity index (χ2v) is 7.37. The van der Waals surface area contributed by atoms with E-state index in [1.54, 1.807) is 23.7 Å². The van der Waals surface area contributed by atoms with Crippen LogP contribution >= 0.6 is 11.3 Å². The van der Waals surface area contributed by atoms with E-state index < -0.39 is 0 Å². The summed E-state index contributed by atoms with van der Waals surface area (Å²) in [5.74, 6) is 1.29. The molecular formula is C17H21N3O2S. The minimum Gasteiger partial charge on any atom is -0.492 e. The first-order valence-electron chi connectivity index (χ1n) is 8.04. The van der Waals surface area contributed by atoms with Crippen molar-refractivity contribution in [2.75, 3.05) is 26.3 Å². The minimum absolute atomic E-state index is 0.0193. The summed E-state index contributed by atoms with van der Waals surface area (Å²) in [5, 5.41) is 3.31. The van der Waals surface area contributed by atoms with E-state index in [2.05, 4.69) is 20.2 Å². The smallest absolute Gasteiger partial charge is 0.137 e. The van der Waals surface area contributed by atoms with Crippen LogP contribution in [0.15, 0.2) is 29.9 Å². The van der Waals surface area contributed by atoms with Crippen LogP contribution in [-0.2, 0) is 11.3 Å². The molecule has 1 spiro atoms. The van der Waals surface area contributed by atoms with Crippen LogP contribution in [0.3, 0.4) is 0 Å². The number of aryl methyl sites for hydroxylation is 1. The number of hydrogen-bond acceptors (Lipinski definition) is 6. The first-order valence-corrected chi connectivity index (χ1v) is 8.92. The number of hydrogen-bond donors (Lipinski definition) is 0. The number of pyridine rings is 1. The molecule has 4 heterocycles. The molecule has 122 valence electrons. The molecule has 6 heteroatoms. The Hall–Kier alpha value is -1.50. The van der Waals surface area contributed by atoms with Crippen LogP contribution in [0.2, 0.25) is 0 Å². The molecule has 0 bridgehead atoms. The molecule has 2 aliphatic rings. The van der Waals surface area contributed by atoms with Gasteiger partial charge in [0.25, 0.3) is 0 Å². The molecule has 0 unspecified atom stereocenters. The Labute approximate surface area is 140 Å². The van der Waals surface area contributed by atoms with Gasteiger partial charge in [-0.1, -0.05) is 0 Å². The van der Waals surface area contributed by atoms with Gasteiger partial charge < -0.3 is 9.47 Å². The lowest BCUT2D eigenvalue weighted by Gasteiger charge is -2.50. The Balaban J connectivity index is 1.32. The van der Waals surface area contributed by atoms with E-state index in [1.807, 2.05) is 19.1 Å². The molecule has 2 saturated heterocycles. The fraction of sp³-hybridized carbons (Fsp3) is 0.529. The second-order valence-electron chi connectivity index (χ2n) is 6.43. The molecule has 0 amide bonds. The molecule has 0 radical (unpaired) electrons. The number of ether oxygens (including phenoxy) is 2. The lowest BCUT2D eigenvalue weighted by molar-refractivity contribution is -0.140. The molecule has 1 atom stereocenters. The van der Waals surface area contributed by atoms with Crippen LogP contribution < -0.4 is 4.74 Å². The average Bonchev–Trinajstić information content (AvgIpc) is 3.12. The van der Waals surface area contributed by atoms with Gasteiger partial charge >= 0.3 is 0 Å². The Morgan fingerprint density at radius 1 is 1.48 bits per heavy atom. The van der Waals surface area contributed by atoms with Gasteiger partial charge in [0.15, 0.2) is 0 Å². The Morgan fingerprint density at radius 3 is 3.13 bits per heavy atom. The zero-order valence-electron chi connectivity index (χ0n) is 13.3. The quantitative estimate of drug-likeness (QED) is 0.842. The Kier molecular flexibility index (Phi) is 4.05. The number of thiazole rings is 1. The van der Waals surface area contributed by atoms with Gasteiger partial charge in [0.2, 0.25) is 0 Å². The van der Waals surface area contributed by atoms with Crippen LogP contribution in [0.25, 0.3) is 0 Å². The van der Waals surface area contributed by atoms with Gasteiger partial charge in [0.05, 0.1) is 24.9 Å². The van der Waals surface area contributed by atoms with Crippen molar-refractivity contribution in [2.24, 2.45) is 5.92 Å². The standard InChI is InChI=1S/C17H21N3O2S/c1-13-10-23-16(19-13)8-20-11-17(12-20)14(4-6-22-17)9-21-15-3-2-5-18-7-15/h2-3,5,7,10,14H,4,6,8-9,11-12H2,1H3/t14-/m0/s1. The highest BCUT2D eigenvalue weighted by Crippen LogP contribution is 2.40. The van der Waals surface area contributed by atoms with Gasteiger partial charge in [-0.05, 0) is 25.5 Å². The van der Waals surface area contributed by atoms with Crippen molar-refractivity contribution < 1.29 is 9.47 Å². The number of likely N-dealkylation sites (tertiary alicyclic amines) is 1. The number of rotatable bonds is 5. The van der Waals surface area contributed by atoms with Gasteiger partial charge in [-0.15, -0.1) is 11.3 Å². The third-order valence-corrected chi connectivity index (χ3v) is 5.64. The topological polar surface area (TPSA) is 47.5 Å². The molecule has 4 rings (SSSR count). The number of aromatic nitrogens is 2. The largest absolute Gasteiger partial charge is 0.492 e. The van der Waals surface area contributed by atoms with E-state index in [-0.39, 0.29) is 5.60 Å². The normalized spacial score (nSPS) is 23.1. The fourth-order valence-electron chi connectivity index (χ4n) is 3.49. The Bertz CT molecular complexity index is 655. The molecular weight excluding hydrogens is 310 g/mol. The summed E-state index contributed by atoms with van der Waals surface area (Å²) < 4.78 is 12.0. The van der Waals surface area contributed by atoms with Crippen LogP contribution in [0.1, 0.15) is 17.1 Å². The fourth-order valence-corrected chi connectivity index (χ4v) is 4.30. The molecule has 0 aromatic carbocycles. The van der Waals surface area contributed by atoms with Crippen LogP contribution in [0.5, 0.6) is 5.75 Å². The van der Waals surface area contributed by atoms with Crippen molar-refractivity contribution in [3.8, 4) is 5.75 Å². The van der Waals surface area contributed by atoms with E-state index in [0.29, 0.717) is 12.5 Å². The van der Waals surface area contributed by atoms with Crippen molar-refractivity contribution in [1.29, 1.82) is 0 Å². The molecule has 2 aromatic rings. The molecule has 0 N–H and O–H groups in total. The predicted molar refractivity (Wildman–Crippen MR) is 88.7 cm³/mol. The maximum absolute atomic E-state index is 6.10. The molecule has 0 saturated carbocycles. The summed E-state index contributed by atoms with van der Waals surface area (Å²) in [4.78, 5) is 11.1. The van der Waals surface area contributed by atoms with E-state index >= 15 is 0 Å². The second kappa shape index (κ2) is 6.19. The van der Waals surface area contributed by atoms with Gasteiger partial charge in [-0.25, -0.2) is 4.98 Å². The summed E-state index contributed by atoms with van der Waals surface area (Å²) in [6.45, 7) is 6.48. The highest BCUT2D eigenvalue weighted by atomic mass is 32.1. The summed E-state index contributed by atoms with van der Waals surface area (Å²) in [5.41, 5.74) is 1.09. The van der Waals surface area contributed by atoms with Crippen molar-refractivity contribution in [2.45, 2.75) is 25.5 Å². The molecule has 2 aromatic heterocycles. The predicted octanol–water partition coefficient (Wildman–Crippen LogP) is 2.52. The summed E-state index contributed by atoms with van der Waals surface area (Å²) in [6, 6.07) is 3.85. The SMILES string of the molecule is Cc1csc(CN2CC3(C2)OCC[C@H]3COc2cccnc2)n1. The van der Waals surface area contributed by atoms with Crippen LogP contribution in [-0.4, -0.2) is 46.8 Å². The Morgan fingerprint density at radius 2 is 2.39 bits per heavy atom. The van der Waals surface area contributed by atoms with Crippen molar-refractivity contribution in [1.82, 2.24) is 14.9 Å². The van der Waals surface area contributed by atoms with E-state index in [9.17, 15) is 0 Å². The molecule has 2 fully saturated rings. The zero-order chi connectivity index (χ0) is 15.7. The van der Waals surface area contributed by atoms with E-state index in [4.69, 9.17) is 9.47 Å². The lowest BCUT2D eigenvalue weighted by Crippen LogP contribution is -2.64. The maximum atomic E-state index is 6.10. The molecule has 2 aliphatic heterocycles. The third-order valence-electron chi connectivity index (χ3n) is 4.69. The third kappa shape index (κ3) is 3.11. The molecule has 5 nitrogen and oxygen atoms in total. The van der Waals surface area contributed by atoms with Gasteiger partial charge in [-0.3, -0.25) is 9.88 Å². The van der Waals surface area contributed by atoms with Crippen molar-refractivity contribution >= 4 is 11.3 Å². The zero-order valence-corrected chi connectivity index (χ0v) is 14.1. The lowest BCUT2D eigenvalue weighted by atomic mass is 9.81. The van der Waals surface area contributed by atoms with Crippen molar-refractivity contribution in [3.05, 3.63) is 40.6 Å².